The predicted molar refractivity (Wildman–Crippen MR) is 210 cm³/mol. The van der Waals surface area contributed by atoms with Crippen molar-refractivity contribution < 1.29 is 0 Å². The fourth-order valence-corrected chi connectivity index (χ4v) is 8.64. The first-order valence-corrected chi connectivity index (χ1v) is 17.3. The van der Waals surface area contributed by atoms with Crippen molar-refractivity contribution in [2.24, 2.45) is 0 Å². The normalized spacial score (nSPS) is 13.3. The molecule has 0 amide bonds. The summed E-state index contributed by atoms with van der Waals surface area (Å²) in [5.74, 6) is 0. The highest BCUT2D eigenvalue weighted by Gasteiger charge is 2.37. The molecular weight excluding hydrogens is 589 g/mol. The Bertz CT molecular complexity index is 2780. The van der Waals surface area contributed by atoms with Crippen LogP contribution in [0.2, 0.25) is 0 Å². The Balaban J connectivity index is 1.32. The van der Waals surface area contributed by atoms with Gasteiger partial charge in [0.2, 0.25) is 0 Å². The lowest BCUT2D eigenvalue weighted by Crippen LogP contribution is -2.15. The third kappa shape index (κ3) is 4.17. The van der Waals surface area contributed by atoms with E-state index in [0.29, 0.717) is 0 Å². The Morgan fingerprint density at radius 1 is 0.306 bits per heavy atom. The van der Waals surface area contributed by atoms with Gasteiger partial charge in [-0.1, -0.05) is 153 Å². The zero-order valence-corrected chi connectivity index (χ0v) is 27.7. The summed E-state index contributed by atoms with van der Waals surface area (Å²) in [7, 11) is 0. The number of hydrogen-bond donors (Lipinski definition) is 0. The molecule has 0 bridgehead atoms. The van der Waals surface area contributed by atoms with Crippen molar-refractivity contribution in [3.05, 3.63) is 181 Å². The Hall–Kier alpha value is -5.98. The van der Waals surface area contributed by atoms with E-state index in [0.717, 1.165) is 0 Å². The third-order valence-electron chi connectivity index (χ3n) is 11.0. The summed E-state index contributed by atoms with van der Waals surface area (Å²) >= 11 is 0. The highest BCUT2D eigenvalue weighted by Crippen LogP contribution is 2.53. The molecule has 0 radical (unpaired) electrons. The van der Waals surface area contributed by atoms with Crippen LogP contribution >= 0.6 is 0 Å². The van der Waals surface area contributed by atoms with E-state index >= 15 is 0 Å². The molecule has 0 N–H and O–H groups in total. The highest BCUT2D eigenvalue weighted by atomic mass is 14.4. The van der Waals surface area contributed by atoms with Crippen LogP contribution in [0.4, 0.5) is 0 Å². The molecule has 230 valence electrons. The van der Waals surface area contributed by atoms with E-state index < -0.39 is 0 Å². The molecule has 10 rings (SSSR count). The van der Waals surface area contributed by atoms with Crippen LogP contribution in [0, 0.1) is 0 Å². The van der Waals surface area contributed by atoms with Gasteiger partial charge >= 0.3 is 0 Å². The van der Waals surface area contributed by atoms with Gasteiger partial charge in [0.05, 0.1) is 0 Å². The van der Waals surface area contributed by atoms with E-state index in [1.54, 1.807) is 0 Å². The SMILES string of the molecule is CC1(C)c2ccccc2-c2c1cc(-c1cc(-c3ccccc3)cc(-c3c4ccccc4cc4c3ccc3ccccc34)c1)c1ccccc21. The van der Waals surface area contributed by atoms with Crippen LogP contribution in [0.25, 0.3) is 87.6 Å². The van der Waals surface area contributed by atoms with Gasteiger partial charge in [-0.2, -0.15) is 0 Å². The third-order valence-corrected chi connectivity index (χ3v) is 11.0. The van der Waals surface area contributed by atoms with Gasteiger partial charge in [-0.05, 0) is 129 Å². The highest BCUT2D eigenvalue weighted by molar-refractivity contribution is 6.20. The van der Waals surface area contributed by atoms with Crippen LogP contribution < -0.4 is 0 Å². The van der Waals surface area contributed by atoms with E-state index in [1.165, 1.54) is 98.7 Å². The van der Waals surface area contributed by atoms with E-state index in [9.17, 15) is 0 Å². The number of rotatable bonds is 3. The summed E-state index contributed by atoms with van der Waals surface area (Å²) in [6.07, 6.45) is 0. The fourth-order valence-electron chi connectivity index (χ4n) is 8.64. The smallest absolute Gasteiger partial charge is 0.0159 e. The van der Waals surface area contributed by atoms with E-state index in [4.69, 9.17) is 0 Å². The van der Waals surface area contributed by atoms with Crippen molar-refractivity contribution in [2.45, 2.75) is 19.3 Å². The van der Waals surface area contributed by atoms with Crippen molar-refractivity contribution >= 4 is 43.1 Å². The average Bonchev–Trinajstić information content (AvgIpc) is 3.39. The molecule has 1 aliphatic rings. The summed E-state index contributed by atoms with van der Waals surface area (Å²) in [5.41, 5.74) is 12.9. The number of fused-ring (bicyclic) bond motifs is 9. The molecule has 0 unspecified atom stereocenters. The lowest BCUT2D eigenvalue weighted by atomic mass is 9.80. The van der Waals surface area contributed by atoms with Crippen LogP contribution in [0.3, 0.4) is 0 Å². The first-order valence-electron chi connectivity index (χ1n) is 17.3. The topological polar surface area (TPSA) is 0 Å². The lowest BCUT2D eigenvalue weighted by Gasteiger charge is -2.23. The molecule has 0 fully saturated rings. The molecule has 9 aromatic carbocycles. The van der Waals surface area contributed by atoms with Crippen LogP contribution in [0.1, 0.15) is 25.0 Å². The molecule has 9 aromatic rings. The quantitative estimate of drug-likeness (QED) is 0.136. The molecule has 0 aromatic heterocycles. The maximum Gasteiger partial charge on any atom is 0.0159 e. The minimum Gasteiger partial charge on any atom is -0.0622 e. The van der Waals surface area contributed by atoms with Crippen LogP contribution in [0.15, 0.2) is 170 Å². The second-order valence-corrected chi connectivity index (χ2v) is 14.1. The van der Waals surface area contributed by atoms with Crippen LogP contribution in [-0.2, 0) is 5.41 Å². The first kappa shape index (κ1) is 28.1. The summed E-state index contributed by atoms with van der Waals surface area (Å²) < 4.78 is 0. The van der Waals surface area contributed by atoms with Gasteiger partial charge < -0.3 is 0 Å². The molecule has 49 heavy (non-hydrogen) atoms. The molecule has 0 heteroatoms. The molecule has 0 spiro atoms. The van der Waals surface area contributed by atoms with Crippen LogP contribution in [-0.4, -0.2) is 0 Å². The average molecular weight is 623 g/mol. The molecular formula is C49H34. The Kier molecular flexibility index (Phi) is 6.02. The summed E-state index contributed by atoms with van der Waals surface area (Å²) in [4.78, 5) is 0. The molecule has 0 heterocycles. The van der Waals surface area contributed by atoms with E-state index in [2.05, 4.69) is 184 Å². The second kappa shape index (κ2) is 10.5. The van der Waals surface area contributed by atoms with Crippen molar-refractivity contribution in [3.63, 3.8) is 0 Å². The largest absolute Gasteiger partial charge is 0.0622 e. The molecule has 0 saturated carbocycles. The molecule has 0 nitrogen and oxygen atoms in total. The summed E-state index contributed by atoms with van der Waals surface area (Å²) in [5, 5.41) is 10.3. The predicted octanol–water partition coefficient (Wildman–Crippen LogP) is 13.6. The number of benzene rings is 9. The second-order valence-electron chi connectivity index (χ2n) is 14.1. The minimum absolute atomic E-state index is 0.0997. The maximum atomic E-state index is 2.50. The van der Waals surface area contributed by atoms with Crippen molar-refractivity contribution in [2.75, 3.05) is 0 Å². The zero-order valence-electron chi connectivity index (χ0n) is 27.7. The maximum absolute atomic E-state index is 2.50. The van der Waals surface area contributed by atoms with Gasteiger partial charge in [0.25, 0.3) is 0 Å². The standard InChI is InChI=1S/C49H34/c1-49(2)45-23-13-12-22-42(45)48-40-21-11-10-20-39(40)43(30-46(48)49)35-26-34(31-14-4-3-5-15-31)27-36(28-35)47-38-19-9-7-17-33(38)29-44-37-18-8-6-16-32(37)24-25-41(44)47/h3-30H,1-2H3. The minimum atomic E-state index is -0.0997. The Morgan fingerprint density at radius 3 is 1.76 bits per heavy atom. The van der Waals surface area contributed by atoms with E-state index in [-0.39, 0.29) is 5.41 Å². The molecule has 0 saturated heterocycles. The molecule has 0 aliphatic heterocycles. The van der Waals surface area contributed by atoms with Crippen LogP contribution in [0.5, 0.6) is 0 Å². The van der Waals surface area contributed by atoms with Gasteiger partial charge in [0.15, 0.2) is 0 Å². The van der Waals surface area contributed by atoms with Gasteiger partial charge in [0.1, 0.15) is 0 Å². The fraction of sp³-hybridized carbons (Fsp3) is 0.0612. The van der Waals surface area contributed by atoms with Gasteiger partial charge in [-0.25, -0.2) is 0 Å². The first-order chi connectivity index (χ1) is 24.1. The Morgan fingerprint density at radius 2 is 0.918 bits per heavy atom. The van der Waals surface area contributed by atoms with Gasteiger partial charge in [0, 0.05) is 5.41 Å². The summed E-state index contributed by atoms with van der Waals surface area (Å²) in [6, 6.07) is 63.3. The summed E-state index contributed by atoms with van der Waals surface area (Å²) in [6.45, 7) is 4.77. The number of hydrogen-bond acceptors (Lipinski definition) is 0. The lowest BCUT2D eigenvalue weighted by molar-refractivity contribution is 0.661. The van der Waals surface area contributed by atoms with Crippen molar-refractivity contribution in [1.29, 1.82) is 0 Å². The van der Waals surface area contributed by atoms with Crippen molar-refractivity contribution in [3.8, 4) is 44.5 Å². The van der Waals surface area contributed by atoms with Gasteiger partial charge in [-0.3, -0.25) is 0 Å². The van der Waals surface area contributed by atoms with Crippen molar-refractivity contribution in [1.82, 2.24) is 0 Å². The molecule has 0 atom stereocenters. The van der Waals surface area contributed by atoms with Gasteiger partial charge in [-0.15, -0.1) is 0 Å². The Labute approximate surface area is 286 Å². The molecule has 1 aliphatic carbocycles. The van der Waals surface area contributed by atoms with E-state index in [1.807, 2.05) is 0 Å². The zero-order chi connectivity index (χ0) is 32.7. The monoisotopic (exact) mass is 622 g/mol.